The topological polar surface area (TPSA) is 77.5 Å². The fraction of sp³-hybridized carbons (Fsp3) is 1.00. The molecule has 1 fully saturated rings. The largest absolute Gasteiger partial charge is 0.271 e. The van der Waals surface area contributed by atoms with Gasteiger partial charge in [-0.05, 0) is 12.8 Å². The van der Waals surface area contributed by atoms with Crippen molar-refractivity contribution in [3.8, 4) is 0 Å². The Labute approximate surface area is 116 Å². The van der Waals surface area contributed by atoms with Gasteiger partial charge in [0, 0.05) is 0 Å². The van der Waals surface area contributed by atoms with Crippen LogP contribution in [0.3, 0.4) is 0 Å². The molecule has 0 radical (unpaired) electrons. The summed E-state index contributed by atoms with van der Waals surface area (Å²) in [7, 11) is -6.89. The highest BCUT2D eigenvalue weighted by Gasteiger charge is 2.37. The first kappa shape index (κ1) is 16.9. The molecule has 5 nitrogen and oxygen atoms in total. The molecule has 0 aromatic carbocycles. The van der Waals surface area contributed by atoms with Crippen molar-refractivity contribution < 1.29 is 21.0 Å². The molecule has 0 spiro atoms. The maximum Gasteiger partial charge on any atom is 0.271 e. The highest BCUT2D eigenvalue weighted by molar-refractivity contribution is 7.94. The molecule has 1 aliphatic heterocycles. The predicted molar refractivity (Wildman–Crippen MR) is 75.3 cm³/mol. The van der Waals surface area contributed by atoms with E-state index in [4.69, 9.17) is 4.18 Å². The van der Waals surface area contributed by atoms with Gasteiger partial charge in [0.1, 0.15) is 5.25 Å². The third-order valence-corrected chi connectivity index (χ3v) is 7.04. The molecule has 0 aliphatic carbocycles. The second-order valence-corrected chi connectivity index (χ2v) is 9.22. The first-order valence-electron chi connectivity index (χ1n) is 6.96. The zero-order valence-corrected chi connectivity index (χ0v) is 13.1. The monoisotopic (exact) mass is 312 g/mol. The summed E-state index contributed by atoms with van der Waals surface area (Å²) in [6.45, 7) is 2.32. The summed E-state index contributed by atoms with van der Waals surface area (Å²) in [6.07, 6.45) is 6.49. The van der Waals surface area contributed by atoms with Crippen LogP contribution in [-0.4, -0.2) is 40.2 Å². The van der Waals surface area contributed by atoms with Crippen LogP contribution in [0.2, 0.25) is 0 Å². The van der Waals surface area contributed by atoms with Crippen LogP contribution in [0.4, 0.5) is 0 Å². The molecule has 0 N–H and O–H groups in total. The first-order valence-corrected chi connectivity index (χ1v) is 10.3. The van der Waals surface area contributed by atoms with Crippen LogP contribution in [0.15, 0.2) is 0 Å². The van der Waals surface area contributed by atoms with E-state index < -0.39 is 25.2 Å². The van der Waals surface area contributed by atoms with E-state index in [1.807, 2.05) is 0 Å². The number of unbranched alkanes of at least 4 members (excludes halogenated alkanes) is 5. The molecule has 1 atom stereocenters. The van der Waals surface area contributed by atoms with Gasteiger partial charge in [-0.1, -0.05) is 39.0 Å². The Morgan fingerprint density at radius 2 is 1.74 bits per heavy atom. The predicted octanol–water partition coefficient (Wildman–Crippen LogP) is 1.88. The van der Waals surface area contributed by atoms with Gasteiger partial charge in [0.25, 0.3) is 10.1 Å². The van der Waals surface area contributed by atoms with Crippen molar-refractivity contribution in [1.29, 1.82) is 0 Å². The van der Waals surface area contributed by atoms with Crippen LogP contribution < -0.4 is 0 Å². The number of hydrogen-bond donors (Lipinski definition) is 0. The Balaban J connectivity index is 2.21. The van der Waals surface area contributed by atoms with Crippen LogP contribution in [0.5, 0.6) is 0 Å². The standard InChI is InChI=1S/C12H24O5S2/c1-2-3-4-5-6-7-9-17-19(15,16)12-8-10-18(13,14)11-12/h12H,2-11H2,1H3/t12-/m1/s1. The van der Waals surface area contributed by atoms with E-state index in [0.717, 1.165) is 12.8 Å². The lowest BCUT2D eigenvalue weighted by atomic mass is 10.1. The molecule has 19 heavy (non-hydrogen) atoms. The number of sulfone groups is 1. The normalized spacial score (nSPS) is 22.7. The van der Waals surface area contributed by atoms with Crippen molar-refractivity contribution in [1.82, 2.24) is 0 Å². The van der Waals surface area contributed by atoms with E-state index in [1.54, 1.807) is 0 Å². The second-order valence-electron chi connectivity index (χ2n) is 5.11. The minimum atomic E-state index is -3.71. The Bertz CT molecular complexity index is 453. The van der Waals surface area contributed by atoms with Gasteiger partial charge in [-0.2, -0.15) is 8.42 Å². The van der Waals surface area contributed by atoms with E-state index in [-0.39, 0.29) is 24.5 Å². The van der Waals surface area contributed by atoms with Gasteiger partial charge in [-0.25, -0.2) is 8.42 Å². The van der Waals surface area contributed by atoms with Crippen LogP contribution in [0.25, 0.3) is 0 Å². The molecule has 1 rings (SSSR count). The van der Waals surface area contributed by atoms with E-state index in [9.17, 15) is 16.8 Å². The molecule has 0 amide bonds. The van der Waals surface area contributed by atoms with Gasteiger partial charge in [0.15, 0.2) is 9.84 Å². The molecule has 0 unspecified atom stereocenters. The third kappa shape index (κ3) is 6.23. The maximum atomic E-state index is 11.8. The van der Waals surface area contributed by atoms with Crippen molar-refractivity contribution in [3.05, 3.63) is 0 Å². The van der Waals surface area contributed by atoms with Gasteiger partial charge in [-0.3, -0.25) is 4.18 Å². The fourth-order valence-electron chi connectivity index (χ4n) is 2.14. The molecule has 114 valence electrons. The van der Waals surface area contributed by atoms with Crippen molar-refractivity contribution >= 4 is 20.0 Å². The molecule has 0 bridgehead atoms. The first-order chi connectivity index (χ1) is 8.87. The van der Waals surface area contributed by atoms with Crippen LogP contribution in [-0.2, 0) is 24.1 Å². The molecule has 1 heterocycles. The van der Waals surface area contributed by atoms with Gasteiger partial charge in [-0.15, -0.1) is 0 Å². The van der Waals surface area contributed by atoms with Crippen LogP contribution in [0.1, 0.15) is 51.9 Å². The summed E-state index contributed by atoms with van der Waals surface area (Å²) < 4.78 is 50.9. The average Bonchev–Trinajstić information content (AvgIpc) is 2.69. The van der Waals surface area contributed by atoms with Gasteiger partial charge in [0.05, 0.1) is 18.1 Å². The lowest BCUT2D eigenvalue weighted by molar-refractivity contribution is 0.301. The quantitative estimate of drug-likeness (QED) is 0.480. The summed E-state index contributed by atoms with van der Waals surface area (Å²) in [6, 6.07) is 0. The Hall–Kier alpha value is -0.140. The number of hydrogen-bond acceptors (Lipinski definition) is 5. The zero-order valence-electron chi connectivity index (χ0n) is 11.5. The smallest absolute Gasteiger partial charge is 0.270 e. The number of rotatable bonds is 9. The SMILES string of the molecule is CCCCCCCCOS(=O)(=O)[C@@H]1CCS(=O)(=O)C1. The van der Waals surface area contributed by atoms with Crippen molar-refractivity contribution in [2.45, 2.75) is 57.1 Å². The second kappa shape index (κ2) is 7.59. The highest BCUT2D eigenvalue weighted by Crippen LogP contribution is 2.20. The zero-order chi connectivity index (χ0) is 14.4. The summed E-state index contributed by atoms with van der Waals surface area (Å²) in [5.74, 6) is -0.330. The summed E-state index contributed by atoms with van der Waals surface area (Å²) in [5.41, 5.74) is 0. The van der Waals surface area contributed by atoms with E-state index in [0.29, 0.717) is 6.42 Å². The highest BCUT2D eigenvalue weighted by atomic mass is 32.2. The Kier molecular flexibility index (Phi) is 6.76. The van der Waals surface area contributed by atoms with Crippen molar-refractivity contribution in [3.63, 3.8) is 0 Å². The van der Waals surface area contributed by atoms with E-state index in [1.165, 1.54) is 19.3 Å². The minimum absolute atomic E-state index is 0.0444. The molecule has 0 saturated carbocycles. The molecule has 1 saturated heterocycles. The molecule has 0 aromatic rings. The maximum absolute atomic E-state index is 11.8. The van der Waals surface area contributed by atoms with Gasteiger partial charge in [0.2, 0.25) is 0 Å². The summed E-state index contributed by atoms with van der Waals surface area (Å²) in [5, 5.41) is -0.863. The average molecular weight is 312 g/mol. The van der Waals surface area contributed by atoms with Crippen LogP contribution in [0, 0.1) is 0 Å². The van der Waals surface area contributed by atoms with E-state index in [2.05, 4.69) is 6.92 Å². The Morgan fingerprint density at radius 3 is 2.32 bits per heavy atom. The van der Waals surface area contributed by atoms with Crippen molar-refractivity contribution in [2.75, 3.05) is 18.1 Å². The lowest BCUT2D eigenvalue weighted by Gasteiger charge is -2.10. The van der Waals surface area contributed by atoms with Crippen LogP contribution >= 0.6 is 0 Å². The molecule has 7 heteroatoms. The Morgan fingerprint density at radius 1 is 1.11 bits per heavy atom. The fourth-order valence-corrected chi connectivity index (χ4v) is 6.07. The summed E-state index contributed by atoms with van der Waals surface area (Å²) >= 11 is 0. The molecule has 0 aromatic heterocycles. The van der Waals surface area contributed by atoms with Gasteiger partial charge >= 0.3 is 0 Å². The lowest BCUT2D eigenvalue weighted by Crippen LogP contribution is -2.25. The molecular weight excluding hydrogens is 288 g/mol. The third-order valence-electron chi connectivity index (χ3n) is 3.34. The minimum Gasteiger partial charge on any atom is -0.270 e. The van der Waals surface area contributed by atoms with Crippen molar-refractivity contribution in [2.24, 2.45) is 0 Å². The summed E-state index contributed by atoms with van der Waals surface area (Å²) in [4.78, 5) is 0. The van der Waals surface area contributed by atoms with E-state index >= 15 is 0 Å². The van der Waals surface area contributed by atoms with Gasteiger partial charge < -0.3 is 0 Å². The molecular formula is C12H24O5S2. The molecule has 1 aliphatic rings.